The molecule has 2 rings (SSSR count). The minimum absolute atomic E-state index is 0.229. The van der Waals surface area contributed by atoms with E-state index in [1.165, 1.54) is 11.1 Å². The zero-order valence-corrected chi connectivity index (χ0v) is 7.66. The predicted molar refractivity (Wildman–Crippen MR) is 53.6 cm³/mol. The third kappa shape index (κ3) is 1.52. The maximum atomic E-state index is 9.58. The summed E-state index contributed by atoms with van der Waals surface area (Å²) in [6.45, 7) is 3.72. The molecule has 1 aromatic carbocycles. The van der Waals surface area contributed by atoms with Gasteiger partial charge in [0.15, 0.2) is 0 Å². The maximum Gasteiger partial charge on any atom is 0.0795 e. The van der Waals surface area contributed by atoms with E-state index < -0.39 is 0 Å². The molecular weight excluding hydrogens is 160 g/mol. The van der Waals surface area contributed by atoms with Crippen LogP contribution in [0.15, 0.2) is 30.9 Å². The van der Waals surface area contributed by atoms with Crippen molar-refractivity contribution in [1.29, 1.82) is 0 Å². The molecule has 1 aromatic rings. The summed E-state index contributed by atoms with van der Waals surface area (Å²) in [7, 11) is 0. The lowest BCUT2D eigenvalue weighted by atomic mass is 10.0. The summed E-state index contributed by atoms with van der Waals surface area (Å²) in [6, 6.07) is 6.31. The van der Waals surface area contributed by atoms with Crippen LogP contribution in [0.4, 0.5) is 0 Å². The van der Waals surface area contributed by atoms with Gasteiger partial charge in [0, 0.05) is 0 Å². The lowest BCUT2D eigenvalue weighted by Gasteiger charge is -2.04. The smallest absolute Gasteiger partial charge is 0.0795 e. The zero-order chi connectivity index (χ0) is 9.26. The molecule has 68 valence electrons. The molecule has 0 amide bonds. The molecule has 13 heavy (non-hydrogen) atoms. The van der Waals surface area contributed by atoms with Gasteiger partial charge in [0.05, 0.1) is 6.10 Å². The lowest BCUT2D eigenvalue weighted by molar-refractivity contribution is 0.180. The Morgan fingerprint density at radius 2 is 2.38 bits per heavy atom. The molecular formula is C12H14O. The first-order chi connectivity index (χ1) is 6.31. The highest BCUT2D eigenvalue weighted by Crippen LogP contribution is 2.31. The summed E-state index contributed by atoms with van der Waals surface area (Å²) in [5.74, 6) is 0. The molecule has 1 heteroatoms. The number of hydrogen-bond acceptors (Lipinski definition) is 1. The highest BCUT2D eigenvalue weighted by Gasteiger charge is 2.19. The van der Waals surface area contributed by atoms with Crippen molar-refractivity contribution in [3.8, 4) is 0 Å². The van der Waals surface area contributed by atoms with Crippen molar-refractivity contribution in [3.05, 3.63) is 47.5 Å². The van der Waals surface area contributed by atoms with Gasteiger partial charge >= 0.3 is 0 Å². The second-order valence-electron chi connectivity index (χ2n) is 3.58. The summed E-state index contributed by atoms with van der Waals surface area (Å²) in [5, 5.41) is 9.58. The average molecular weight is 174 g/mol. The largest absolute Gasteiger partial charge is 0.388 e. The standard InChI is InChI=1S/C12H14O/c1-2-3-9-4-6-11-10(8-9)5-7-12(11)13/h2,4,6,8,12-13H,1,3,5,7H2. The molecule has 1 atom stereocenters. The fourth-order valence-corrected chi connectivity index (χ4v) is 1.94. The van der Waals surface area contributed by atoms with Crippen molar-refractivity contribution in [2.24, 2.45) is 0 Å². The van der Waals surface area contributed by atoms with Gasteiger partial charge in [0.2, 0.25) is 0 Å². The second-order valence-corrected chi connectivity index (χ2v) is 3.58. The van der Waals surface area contributed by atoms with Gasteiger partial charge in [-0.15, -0.1) is 6.58 Å². The molecule has 1 aliphatic rings. The summed E-state index contributed by atoms with van der Waals surface area (Å²) < 4.78 is 0. The predicted octanol–water partition coefficient (Wildman–Crippen LogP) is 2.39. The van der Waals surface area contributed by atoms with Crippen molar-refractivity contribution < 1.29 is 5.11 Å². The number of aliphatic hydroxyl groups excluding tert-OH is 1. The highest BCUT2D eigenvalue weighted by molar-refractivity contribution is 5.37. The summed E-state index contributed by atoms with van der Waals surface area (Å²) in [5.41, 5.74) is 3.72. The van der Waals surface area contributed by atoms with Crippen molar-refractivity contribution >= 4 is 0 Å². The molecule has 0 saturated carbocycles. The van der Waals surface area contributed by atoms with E-state index in [1.54, 1.807) is 0 Å². The Bertz CT molecular complexity index is 328. The number of aliphatic hydroxyl groups is 1. The van der Waals surface area contributed by atoms with E-state index in [0.29, 0.717) is 0 Å². The summed E-state index contributed by atoms with van der Waals surface area (Å²) >= 11 is 0. The van der Waals surface area contributed by atoms with Crippen LogP contribution in [0.2, 0.25) is 0 Å². The van der Waals surface area contributed by atoms with Crippen LogP contribution >= 0.6 is 0 Å². The van der Waals surface area contributed by atoms with Gasteiger partial charge < -0.3 is 5.11 Å². The van der Waals surface area contributed by atoms with Crippen LogP contribution in [-0.2, 0) is 12.8 Å². The molecule has 0 radical (unpaired) electrons. The van der Waals surface area contributed by atoms with E-state index in [2.05, 4.69) is 18.7 Å². The normalized spacial score (nSPS) is 19.9. The Morgan fingerprint density at radius 3 is 3.15 bits per heavy atom. The van der Waals surface area contributed by atoms with Crippen LogP contribution in [0.25, 0.3) is 0 Å². The Morgan fingerprint density at radius 1 is 1.54 bits per heavy atom. The van der Waals surface area contributed by atoms with E-state index in [0.717, 1.165) is 24.8 Å². The number of fused-ring (bicyclic) bond motifs is 1. The molecule has 0 fully saturated rings. The molecule has 0 aliphatic heterocycles. The van der Waals surface area contributed by atoms with E-state index in [-0.39, 0.29) is 6.10 Å². The van der Waals surface area contributed by atoms with Crippen LogP contribution in [0.3, 0.4) is 0 Å². The third-order valence-corrected chi connectivity index (χ3v) is 2.63. The van der Waals surface area contributed by atoms with Crippen molar-refractivity contribution in [2.45, 2.75) is 25.4 Å². The molecule has 1 nitrogen and oxygen atoms in total. The first kappa shape index (κ1) is 8.52. The fraction of sp³-hybridized carbons (Fsp3) is 0.333. The third-order valence-electron chi connectivity index (χ3n) is 2.63. The molecule has 1 N–H and O–H groups in total. The second kappa shape index (κ2) is 3.35. The van der Waals surface area contributed by atoms with E-state index >= 15 is 0 Å². The summed E-state index contributed by atoms with van der Waals surface area (Å²) in [6.07, 6.45) is 4.50. The summed E-state index contributed by atoms with van der Waals surface area (Å²) in [4.78, 5) is 0. The van der Waals surface area contributed by atoms with Crippen LogP contribution in [0, 0.1) is 0 Å². The van der Waals surface area contributed by atoms with Crippen LogP contribution < -0.4 is 0 Å². The van der Waals surface area contributed by atoms with Gasteiger partial charge in [-0.25, -0.2) is 0 Å². The van der Waals surface area contributed by atoms with Gasteiger partial charge in [0.25, 0.3) is 0 Å². The maximum absolute atomic E-state index is 9.58. The first-order valence-electron chi connectivity index (χ1n) is 4.72. The Hall–Kier alpha value is -1.08. The van der Waals surface area contributed by atoms with Crippen LogP contribution in [-0.4, -0.2) is 5.11 Å². The highest BCUT2D eigenvalue weighted by atomic mass is 16.3. The van der Waals surface area contributed by atoms with Gasteiger partial charge in [-0.05, 0) is 36.0 Å². The Kier molecular flexibility index (Phi) is 2.19. The van der Waals surface area contributed by atoms with Crippen LogP contribution in [0.5, 0.6) is 0 Å². The molecule has 0 aromatic heterocycles. The number of benzene rings is 1. The molecule has 0 heterocycles. The molecule has 1 aliphatic carbocycles. The van der Waals surface area contributed by atoms with E-state index in [1.807, 2.05) is 12.1 Å². The number of hydrogen-bond donors (Lipinski definition) is 1. The van der Waals surface area contributed by atoms with Crippen molar-refractivity contribution in [3.63, 3.8) is 0 Å². The fourth-order valence-electron chi connectivity index (χ4n) is 1.94. The van der Waals surface area contributed by atoms with Crippen molar-refractivity contribution in [1.82, 2.24) is 0 Å². The average Bonchev–Trinajstić information content (AvgIpc) is 2.48. The number of aryl methyl sites for hydroxylation is 1. The molecule has 0 spiro atoms. The minimum Gasteiger partial charge on any atom is -0.388 e. The topological polar surface area (TPSA) is 20.2 Å². The first-order valence-corrected chi connectivity index (χ1v) is 4.72. The SMILES string of the molecule is C=CCc1ccc2c(c1)CCC2O. The molecule has 0 saturated heterocycles. The number of allylic oxidation sites excluding steroid dienone is 1. The number of rotatable bonds is 2. The Labute approximate surface area is 78.7 Å². The van der Waals surface area contributed by atoms with Gasteiger partial charge in [-0.3, -0.25) is 0 Å². The van der Waals surface area contributed by atoms with E-state index in [9.17, 15) is 5.11 Å². The van der Waals surface area contributed by atoms with Gasteiger partial charge in [-0.2, -0.15) is 0 Å². The minimum atomic E-state index is -0.229. The molecule has 1 unspecified atom stereocenters. The Balaban J connectivity index is 2.33. The van der Waals surface area contributed by atoms with E-state index in [4.69, 9.17) is 0 Å². The van der Waals surface area contributed by atoms with Gasteiger partial charge in [-0.1, -0.05) is 24.3 Å². The zero-order valence-electron chi connectivity index (χ0n) is 7.66. The lowest BCUT2D eigenvalue weighted by Crippen LogP contribution is -1.91. The quantitative estimate of drug-likeness (QED) is 0.682. The van der Waals surface area contributed by atoms with Gasteiger partial charge in [0.1, 0.15) is 0 Å². The van der Waals surface area contributed by atoms with Crippen molar-refractivity contribution in [2.75, 3.05) is 0 Å². The monoisotopic (exact) mass is 174 g/mol. The van der Waals surface area contributed by atoms with Crippen LogP contribution in [0.1, 0.15) is 29.2 Å². The molecule has 0 bridgehead atoms.